The lowest BCUT2D eigenvalue weighted by molar-refractivity contribution is 0.354. The Labute approximate surface area is 153 Å². The third-order valence-electron chi connectivity index (χ3n) is 3.59. The van der Waals surface area contributed by atoms with Crippen molar-refractivity contribution < 1.29 is 9.47 Å². The maximum Gasteiger partial charge on any atom is 0.179 e. The minimum Gasteiger partial charge on any atom is -0.493 e. The van der Waals surface area contributed by atoms with Crippen LogP contribution in [-0.2, 0) is 13.1 Å². The molecule has 0 spiro atoms. The van der Waals surface area contributed by atoms with Gasteiger partial charge in [0.25, 0.3) is 0 Å². The predicted octanol–water partition coefficient (Wildman–Crippen LogP) is 4.06. The van der Waals surface area contributed by atoms with Gasteiger partial charge in [-0.3, -0.25) is 0 Å². The average Bonchev–Trinajstić information content (AvgIpc) is 2.96. The van der Waals surface area contributed by atoms with Crippen molar-refractivity contribution in [1.82, 2.24) is 14.7 Å². The number of hydrogen-bond acceptors (Lipinski definition) is 4. The molecule has 0 unspecified atom stereocenters. The molecule has 3 rings (SSSR count). The SMILES string of the molecule is COc1cc(CNCc2cn3cc(Br)ccc3n2)cc(Cl)c1OC. The van der Waals surface area contributed by atoms with Gasteiger partial charge in [-0.15, -0.1) is 0 Å². The summed E-state index contributed by atoms with van der Waals surface area (Å²) >= 11 is 9.68. The number of fused-ring (bicyclic) bond motifs is 1. The van der Waals surface area contributed by atoms with Crippen LogP contribution in [0.15, 0.2) is 41.1 Å². The van der Waals surface area contributed by atoms with E-state index >= 15 is 0 Å². The van der Waals surface area contributed by atoms with Crippen molar-refractivity contribution in [3.05, 3.63) is 57.4 Å². The van der Waals surface area contributed by atoms with Crippen molar-refractivity contribution in [2.75, 3.05) is 14.2 Å². The smallest absolute Gasteiger partial charge is 0.179 e. The first-order valence-corrected chi connectivity index (χ1v) is 8.52. The first-order chi connectivity index (χ1) is 11.6. The van der Waals surface area contributed by atoms with Gasteiger partial charge >= 0.3 is 0 Å². The number of pyridine rings is 1. The molecule has 0 saturated carbocycles. The summed E-state index contributed by atoms with van der Waals surface area (Å²) < 4.78 is 13.6. The lowest BCUT2D eigenvalue weighted by Gasteiger charge is -2.12. The van der Waals surface area contributed by atoms with Crippen LogP contribution in [0.4, 0.5) is 0 Å². The van der Waals surface area contributed by atoms with Crippen molar-refractivity contribution in [2.45, 2.75) is 13.1 Å². The number of aromatic nitrogens is 2. The normalized spacial score (nSPS) is 11.0. The Bertz CT molecular complexity index is 866. The number of benzene rings is 1. The lowest BCUT2D eigenvalue weighted by Crippen LogP contribution is -2.13. The van der Waals surface area contributed by atoms with Gasteiger partial charge in [0.05, 0.1) is 24.9 Å². The highest BCUT2D eigenvalue weighted by atomic mass is 79.9. The number of nitrogens with zero attached hydrogens (tertiary/aromatic N) is 2. The van der Waals surface area contributed by atoms with Crippen molar-refractivity contribution >= 4 is 33.2 Å². The first kappa shape index (κ1) is 17.1. The molecule has 126 valence electrons. The van der Waals surface area contributed by atoms with Crippen molar-refractivity contribution in [3.8, 4) is 11.5 Å². The Morgan fingerprint density at radius 1 is 1.17 bits per heavy atom. The molecule has 2 heterocycles. The Balaban J connectivity index is 1.68. The van der Waals surface area contributed by atoms with E-state index in [0.29, 0.717) is 29.6 Å². The van der Waals surface area contributed by atoms with E-state index in [1.54, 1.807) is 14.2 Å². The molecule has 5 nitrogen and oxygen atoms in total. The van der Waals surface area contributed by atoms with Gasteiger partial charge in [-0.2, -0.15) is 0 Å². The maximum atomic E-state index is 6.22. The molecule has 2 aromatic heterocycles. The molecule has 0 aliphatic heterocycles. The fraction of sp³-hybridized carbons (Fsp3) is 0.235. The molecule has 1 N–H and O–H groups in total. The molecule has 7 heteroatoms. The molecule has 0 aliphatic rings. The molecule has 0 bridgehead atoms. The Morgan fingerprint density at radius 2 is 2.00 bits per heavy atom. The van der Waals surface area contributed by atoms with Gasteiger partial charge in [0.1, 0.15) is 5.65 Å². The maximum absolute atomic E-state index is 6.22. The zero-order valence-electron chi connectivity index (χ0n) is 13.3. The zero-order chi connectivity index (χ0) is 17.1. The molecule has 0 saturated heterocycles. The quantitative estimate of drug-likeness (QED) is 0.666. The Morgan fingerprint density at radius 3 is 2.75 bits per heavy atom. The molecular formula is C17H17BrClN3O2. The van der Waals surface area contributed by atoms with Crippen LogP contribution in [0.5, 0.6) is 11.5 Å². The van der Waals surface area contributed by atoms with E-state index in [9.17, 15) is 0 Å². The molecule has 0 fully saturated rings. The van der Waals surface area contributed by atoms with Crippen LogP contribution in [0.3, 0.4) is 0 Å². The lowest BCUT2D eigenvalue weighted by atomic mass is 10.2. The van der Waals surface area contributed by atoms with E-state index in [0.717, 1.165) is 21.4 Å². The molecule has 0 atom stereocenters. The zero-order valence-corrected chi connectivity index (χ0v) is 15.7. The second-order valence-corrected chi connectivity index (χ2v) is 6.58. The van der Waals surface area contributed by atoms with E-state index in [1.165, 1.54) is 0 Å². The van der Waals surface area contributed by atoms with Crippen LogP contribution in [0, 0.1) is 0 Å². The summed E-state index contributed by atoms with van der Waals surface area (Å²) in [6, 6.07) is 7.74. The second kappa shape index (κ2) is 7.42. The van der Waals surface area contributed by atoms with Crippen molar-refractivity contribution in [2.24, 2.45) is 0 Å². The van der Waals surface area contributed by atoms with E-state index in [4.69, 9.17) is 21.1 Å². The van der Waals surface area contributed by atoms with Gasteiger partial charge in [0.15, 0.2) is 11.5 Å². The van der Waals surface area contributed by atoms with Crippen molar-refractivity contribution in [3.63, 3.8) is 0 Å². The highest BCUT2D eigenvalue weighted by Crippen LogP contribution is 2.35. The van der Waals surface area contributed by atoms with Gasteiger partial charge in [-0.1, -0.05) is 11.6 Å². The monoisotopic (exact) mass is 409 g/mol. The summed E-state index contributed by atoms with van der Waals surface area (Å²) in [5.74, 6) is 1.17. The number of halogens is 2. The first-order valence-electron chi connectivity index (χ1n) is 7.35. The third-order valence-corrected chi connectivity index (χ3v) is 4.34. The van der Waals surface area contributed by atoms with Crippen molar-refractivity contribution in [1.29, 1.82) is 0 Å². The van der Waals surface area contributed by atoms with Crippen LogP contribution < -0.4 is 14.8 Å². The van der Waals surface area contributed by atoms with E-state index < -0.39 is 0 Å². The highest BCUT2D eigenvalue weighted by Gasteiger charge is 2.11. The van der Waals surface area contributed by atoms with E-state index in [2.05, 4.69) is 26.2 Å². The summed E-state index contributed by atoms with van der Waals surface area (Å²) in [5.41, 5.74) is 2.91. The Hall–Kier alpha value is -1.76. The summed E-state index contributed by atoms with van der Waals surface area (Å²) in [5, 5.41) is 3.90. The molecule has 24 heavy (non-hydrogen) atoms. The average molecular weight is 411 g/mol. The van der Waals surface area contributed by atoms with E-state index in [1.807, 2.05) is 41.1 Å². The number of imidazole rings is 1. The summed E-state index contributed by atoms with van der Waals surface area (Å²) in [4.78, 5) is 4.57. The molecular weight excluding hydrogens is 394 g/mol. The minimum absolute atomic E-state index is 0.534. The highest BCUT2D eigenvalue weighted by molar-refractivity contribution is 9.10. The van der Waals surface area contributed by atoms with Gasteiger partial charge in [0.2, 0.25) is 0 Å². The van der Waals surface area contributed by atoms with Gasteiger partial charge in [0, 0.05) is 30.0 Å². The second-order valence-electron chi connectivity index (χ2n) is 5.26. The third kappa shape index (κ3) is 3.66. The summed E-state index contributed by atoms with van der Waals surface area (Å²) in [6.07, 6.45) is 3.99. The van der Waals surface area contributed by atoms with Gasteiger partial charge in [-0.05, 0) is 45.8 Å². The molecule has 0 aliphatic carbocycles. The molecule has 0 radical (unpaired) electrons. The largest absolute Gasteiger partial charge is 0.493 e. The standard InChI is InChI=1S/C17H17BrClN3O2/c1-23-15-6-11(5-14(19)17(15)24-2)7-20-8-13-10-22-9-12(18)3-4-16(22)21-13/h3-6,9-10,20H,7-8H2,1-2H3. The van der Waals surface area contributed by atoms with Crippen LogP contribution in [0.25, 0.3) is 5.65 Å². The minimum atomic E-state index is 0.534. The predicted molar refractivity (Wildman–Crippen MR) is 98.0 cm³/mol. The number of methoxy groups -OCH3 is 2. The fourth-order valence-electron chi connectivity index (χ4n) is 2.51. The summed E-state index contributed by atoms with van der Waals surface area (Å²) in [6.45, 7) is 1.31. The molecule has 3 aromatic rings. The topological polar surface area (TPSA) is 47.8 Å². The number of nitrogens with one attached hydrogen (secondary N) is 1. The summed E-state index contributed by atoms with van der Waals surface area (Å²) in [7, 11) is 3.17. The van der Waals surface area contributed by atoms with Crippen LogP contribution >= 0.6 is 27.5 Å². The van der Waals surface area contributed by atoms with E-state index in [-0.39, 0.29) is 0 Å². The van der Waals surface area contributed by atoms with Gasteiger partial charge in [-0.25, -0.2) is 4.98 Å². The number of rotatable bonds is 6. The number of ether oxygens (including phenoxy) is 2. The van der Waals surface area contributed by atoms with Crippen LogP contribution in [-0.4, -0.2) is 23.6 Å². The fourth-order valence-corrected chi connectivity index (χ4v) is 3.17. The Kier molecular flexibility index (Phi) is 5.28. The molecule has 0 amide bonds. The van der Waals surface area contributed by atoms with Crippen LogP contribution in [0.2, 0.25) is 5.02 Å². The number of hydrogen-bond donors (Lipinski definition) is 1. The molecule has 1 aromatic carbocycles. The van der Waals surface area contributed by atoms with Gasteiger partial charge < -0.3 is 19.2 Å². The van der Waals surface area contributed by atoms with Crippen LogP contribution in [0.1, 0.15) is 11.3 Å².